The van der Waals surface area contributed by atoms with Crippen molar-refractivity contribution in [3.8, 4) is 0 Å². The van der Waals surface area contributed by atoms with Crippen LogP contribution in [-0.2, 0) is 0 Å². The van der Waals surface area contributed by atoms with E-state index in [1.807, 2.05) is 18.2 Å². The van der Waals surface area contributed by atoms with Crippen molar-refractivity contribution in [2.45, 2.75) is 11.3 Å². The summed E-state index contributed by atoms with van der Waals surface area (Å²) in [5.41, 5.74) is 1.01. The van der Waals surface area contributed by atoms with Gasteiger partial charge in [-0.1, -0.05) is 30.3 Å². The van der Waals surface area contributed by atoms with Crippen LogP contribution in [0, 0.1) is 0 Å². The average molecular weight is 230 g/mol. The van der Waals surface area contributed by atoms with E-state index in [4.69, 9.17) is 11.6 Å². The smallest absolute Gasteiger partial charge is 0.151 e. The van der Waals surface area contributed by atoms with E-state index < -0.39 is 0 Å². The van der Waals surface area contributed by atoms with E-state index in [0.29, 0.717) is 0 Å². The van der Waals surface area contributed by atoms with Crippen LogP contribution in [-0.4, -0.2) is 10.7 Å². The zero-order valence-electron chi connectivity index (χ0n) is 7.08. The molecule has 1 aromatic heterocycles. The Morgan fingerprint density at radius 2 is 2.38 bits per heavy atom. The Kier molecular flexibility index (Phi) is 2.77. The Labute approximate surface area is 90.1 Å². The van der Waals surface area contributed by atoms with Gasteiger partial charge in [-0.05, 0) is 24.0 Å². The molecule has 0 bridgehead atoms. The first-order chi connectivity index (χ1) is 6.29. The summed E-state index contributed by atoms with van der Waals surface area (Å²) in [6.45, 7) is 2.13. The van der Waals surface area contributed by atoms with Crippen molar-refractivity contribution in [3.05, 3.63) is 23.2 Å². The molecule has 1 nitrogen and oxygen atoms in total. The summed E-state index contributed by atoms with van der Waals surface area (Å²) < 4.78 is 2.33. The Morgan fingerprint density at radius 3 is 3.15 bits per heavy atom. The number of thiazole rings is 1. The minimum absolute atomic E-state index is 0.755. The lowest BCUT2D eigenvalue weighted by Gasteiger charge is -1.86. The van der Waals surface area contributed by atoms with E-state index in [1.54, 1.807) is 23.1 Å². The molecule has 0 N–H and O–H groups in total. The number of benzene rings is 1. The van der Waals surface area contributed by atoms with E-state index in [9.17, 15) is 0 Å². The van der Waals surface area contributed by atoms with E-state index in [-0.39, 0.29) is 0 Å². The third kappa shape index (κ3) is 1.98. The van der Waals surface area contributed by atoms with Crippen molar-refractivity contribution < 1.29 is 0 Å². The summed E-state index contributed by atoms with van der Waals surface area (Å²) in [7, 11) is 0. The highest BCUT2D eigenvalue weighted by Gasteiger charge is 2.03. The van der Waals surface area contributed by atoms with Gasteiger partial charge in [0, 0.05) is 5.02 Å². The van der Waals surface area contributed by atoms with Gasteiger partial charge in [-0.3, -0.25) is 0 Å². The van der Waals surface area contributed by atoms with Crippen LogP contribution < -0.4 is 0 Å². The molecule has 2 rings (SSSR count). The standard InChI is InChI=1S/C9H8ClNS2/c1-2-12-9-11-7-5-6(10)3-4-8(7)13-9/h3-5H,2H2,1H3. The summed E-state index contributed by atoms with van der Waals surface area (Å²) in [5.74, 6) is 1.06. The van der Waals surface area contributed by atoms with E-state index >= 15 is 0 Å². The second-order valence-electron chi connectivity index (χ2n) is 2.52. The van der Waals surface area contributed by atoms with Crippen molar-refractivity contribution in [2.24, 2.45) is 0 Å². The first-order valence-electron chi connectivity index (χ1n) is 3.98. The third-order valence-corrected chi connectivity index (χ3v) is 3.89. The molecular weight excluding hydrogens is 222 g/mol. The molecule has 0 aliphatic rings. The van der Waals surface area contributed by atoms with Gasteiger partial charge in [0.2, 0.25) is 0 Å². The minimum Gasteiger partial charge on any atom is -0.230 e. The van der Waals surface area contributed by atoms with Crippen molar-refractivity contribution >= 4 is 44.9 Å². The zero-order chi connectivity index (χ0) is 9.26. The van der Waals surface area contributed by atoms with Gasteiger partial charge >= 0.3 is 0 Å². The lowest BCUT2D eigenvalue weighted by Crippen LogP contribution is -1.69. The third-order valence-electron chi connectivity index (χ3n) is 1.60. The highest BCUT2D eigenvalue weighted by Crippen LogP contribution is 2.30. The number of thioether (sulfide) groups is 1. The largest absolute Gasteiger partial charge is 0.230 e. The van der Waals surface area contributed by atoms with E-state index in [1.165, 1.54) is 4.70 Å². The second-order valence-corrected chi connectivity index (χ2v) is 5.50. The van der Waals surface area contributed by atoms with E-state index in [2.05, 4.69) is 11.9 Å². The van der Waals surface area contributed by atoms with Crippen molar-refractivity contribution in [2.75, 3.05) is 5.75 Å². The first kappa shape index (κ1) is 9.31. The van der Waals surface area contributed by atoms with Crippen LogP contribution in [0.2, 0.25) is 5.02 Å². The lowest BCUT2D eigenvalue weighted by atomic mass is 10.3. The molecule has 1 aromatic carbocycles. The monoisotopic (exact) mass is 229 g/mol. The molecule has 2 aromatic rings. The Balaban J connectivity index is 2.49. The first-order valence-corrected chi connectivity index (χ1v) is 6.16. The molecule has 0 saturated carbocycles. The predicted octanol–water partition coefficient (Wildman–Crippen LogP) is 4.06. The molecule has 0 aliphatic heterocycles. The summed E-state index contributed by atoms with van der Waals surface area (Å²) in [5, 5.41) is 0.755. The summed E-state index contributed by atoms with van der Waals surface area (Å²) in [6.07, 6.45) is 0. The Morgan fingerprint density at radius 1 is 1.54 bits per heavy atom. The van der Waals surface area contributed by atoms with Crippen molar-refractivity contribution in [1.29, 1.82) is 0 Å². The van der Waals surface area contributed by atoms with Gasteiger partial charge in [-0.2, -0.15) is 0 Å². The number of rotatable bonds is 2. The molecule has 4 heteroatoms. The van der Waals surface area contributed by atoms with Crippen LogP contribution in [0.25, 0.3) is 10.2 Å². The zero-order valence-corrected chi connectivity index (χ0v) is 9.47. The number of nitrogens with zero attached hydrogens (tertiary/aromatic N) is 1. The van der Waals surface area contributed by atoms with Gasteiger partial charge in [-0.15, -0.1) is 11.3 Å². The van der Waals surface area contributed by atoms with Gasteiger partial charge in [-0.25, -0.2) is 4.98 Å². The highest BCUT2D eigenvalue weighted by atomic mass is 35.5. The fourth-order valence-electron chi connectivity index (χ4n) is 1.06. The summed E-state index contributed by atoms with van der Waals surface area (Å²) >= 11 is 9.36. The van der Waals surface area contributed by atoms with Crippen LogP contribution in [0.5, 0.6) is 0 Å². The number of halogens is 1. The van der Waals surface area contributed by atoms with Crippen molar-refractivity contribution in [3.63, 3.8) is 0 Å². The maximum absolute atomic E-state index is 5.86. The maximum atomic E-state index is 5.86. The van der Waals surface area contributed by atoms with Crippen molar-refractivity contribution in [1.82, 2.24) is 4.98 Å². The molecule has 0 radical (unpaired) electrons. The highest BCUT2D eigenvalue weighted by molar-refractivity contribution is 8.01. The van der Waals surface area contributed by atoms with Gasteiger partial charge in [0.25, 0.3) is 0 Å². The van der Waals surface area contributed by atoms with E-state index in [0.717, 1.165) is 20.6 Å². The molecule has 0 saturated heterocycles. The number of aromatic nitrogens is 1. The number of fused-ring (bicyclic) bond motifs is 1. The number of hydrogen-bond acceptors (Lipinski definition) is 3. The van der Waals surface area contributed by atoms with Gasteiger partial charge < -0.3 is 0 Å². The lowest BCUT2D eigenvalue weighted by molar-refractivity contribution is 1.30. The normalized spacial score (nSPS) is 10.9. The average Bonchev–Trinajstić information content (AvgIpc) is 2.46. The van der Waals surface area contributed by atoms with Crippen LogP contribution in [0.4, 0.5) is 0 Å². The molecule has 13 heavy (non-hydrogen) atoms. The number of hydrogen-bond donors (Lipinski definition) is 0. The maximum Gasteiger partial charge on any atom is 0.151 e. The van der Waals surface area contributed by atoms with Crippen LogP contribution in [0.15, 0.2) is 22.5 Å². The molecule has 68 valence electrons. The molecule has 0 spiro atoms. The quantitative estimate of drug-likeness (QED) is 0.721. The van der Waals surface area contributed by atoms with Crippen LogP contribution in [0.3, 0.4) is 0 Å². The van der Waals surface area contributed by atoms with Crippen LogP contribution in [0.1, 0.15) is 6.92 Å². The summed E-state index contributed by atoms with van der Waals surface area (Å²) in [4.78, 5) is 4.46. The molecule has 0 amide bonds. The fraction of sp³-hybridized carbons (Fsp3) is 0.222. The summed E-state index contributed by atoms with van der Waals surface area (Å²) in [6, 6.07) is 5.84. The Bertz CT molecular complexity index is 424. The molecule has 0 unspecified atom stereocenters. The molecule has 0 atom stereocenters. The molecule has 0 aliphatic carbocycles. The van der Waals surface area contributed by atoms with Gasteiger partial charge in [0.05, 0.1) is 10.2 Å². The molecular formula is C9H8ClNS2. The topological polar surface area (TPSA) is 12.9 Å². The predicted molar refractivity (Wildman–Crippen MR) is 61.0 cm³/mol. The van der Waals surface area contributed by atoms with Gasteiger partial charge in [0.1, 0.15) is 0 Å². The minimum atomic E-state index is 0.755. The Hall–Kier alpha value is -0.250. The molecule has 0 fully saturated rings. The van der Waals surface area contributed by atoms with Crippen LogP contribution >= 0.6 is 34.7 Å². The second kappa shape index (κ2) is 3.86. The fourth-order valence-corrected chi connectivity index (χ4v) is 3.18. The SMILES string of the molecule is CCSc1nc2cc(Cl)ccc2s1. The van der Waals surface area contributed by atoms with Gasteiger partial charge in [0.15, 0.2) is 4.34 Å². The molecule has 1 heterocycles.